The molecule has 0 bridgehead atoms. The monoisotopic (exact) mass is 537 g/mol. The second-order valence-corrected chi connectivity index (χ2v) is 11.5. The molecule has 0 spiro atoms. The minimum absolute atomic E-state index is 0.181. The van der Waals surface area contributed by atoms with Crippen LogP contribution in [0.5, 0.6) is 0 Å². The fourth-order valence-corrected chi connectivity index (χ4v) is 7.30. The van der Waals surface area contributed by atoms with Crippen molar-refractivity contribution in [3.63, 3.8) is 0 Å². The molecular weight excluding hydrogens is 515 g/mol. The van der Waals surface area contributed by atoms with E-state index in [4.69, 9.17) is 10.7 Å². The van der Waals surface area contributed by atoms with Gasteiger partial charge in [0.25, 0.3) is 0 Å². The van der Waals surface area contributed by atoms with Gasteiger partial charge >= 0.3 is 11.9 Å². The summed E-state index contributed by atoms with van der Waals surface area (Å²) in [4.78, 5) is 37.6. The summed E-state index contributed by atoms with van der Waals surface area (Å²) in [5, 5.41) is 0.234. The topological polar surface area (TPSA) is 71.3 Å². The van der Waals surface area contributed by atoms with Gasteiger partial charge in [0.2, 0.25) is 5.91 Å². The lowest BCUT2D eigenvalue weighted by molar-refractivity contribution is -0.137. The highest BCUT2D eigenvalue weighted by atomic mass is 35.7. The fraction of sp³-hybridized carbons (Fsp3) is 0.333. The normalized spacial score (nSPS) is 21.3. The van der Waals surface area contributed by atoms with Gasteiger partial charge in [0.15, 0.2) is 0 Å². The van der Waals surface area contributed by atoms with Gasteiger partial charge in [-0.05, 0) is 30.3 Å². The molecule has 36 heavy (non-hydrogen) atoms. The van der Waals surface area contributed by atoms with E-state index in [1.165, 1.54) is 10.6 Å². The van der Waals surface area contributed by atoms with Gasteiger partial charge in [-0.3, -0.25) is 14.3 Å². The molecular formula is C24H23ClF3N5O2S. The maximum atomic E-state index is 14.0. The second-order valence-electron chi connectivity index (χ2n) is 8.73. The molecule has 3 aromatic rings. The quantitative estimate of drug-likeness (QED) is 0.405. The van der Waals surface area contributed by atoms with Crippen LogP contribution in [-0.4, -0.2) is 57.3 Å². The van der Waals surface area contributed by atoms with E-state index in [0.29, 0.717) is 42.3 Å². The summed E-state index contributed by atoms with van der Waals surface area (Å²) in [6.07, 6.45) is -1.73. The van der Waals surface area contributed by atoms with Crippen molar-refractivity contribution in [2.45, 2.75) is 23.5 Å². The Morgan fingerprint density at radius 2 is 1.94 bits per heavy atom. The molecule has 1 amide bonds. The first-order valence-electron chi connectivity index (χ1n) is 11.3. The van der Waals surface area contributed by atoms with Crippen LogP contribution in [0.3, 0.4) is 0 Å². The van der Waals surface area contributed by atoms with Crippen LogP contribution in [0.4, 0.5) is 19.0 Å². The van der Waals surface area contributed by atoms with Crippen molar-refractivity contribution >= 4 is 43.4 Å². The maximum absolute atomic E-state index is 14.0. The van der Waals surface area contributed by atoms with Crippen molar-refractivity contribution in [2.75, 3.05) is 36.8 Å². The molecule has 1 aromatic carbocycles. The number of pyridine rings is 1. The number of thiol groups is 1. The third-order valence-electron chi connectivity index (χ3n) is 6.58. The van der Waals surface area contributed by atoms with Crippen LogP contribution in [0.1, 0.15) is 17.2 Å². The molecule has 0 N–H and O–H groups in total. The van der Waals surface area contributed by atoms with Crippen molar-refractivity contribution < 1.29 is 18.0 Å². The molecule has 1 fully saturated rings. The smallest absolute Gasteiger partial charge is 0.352 e. The Balaban J connectivity index is 1.67. The largest absolute Gasteiger partial charge is 0.416 e. The molecule has 12 heteroatoms. The summed E-state index contributed by atoms with van der Waals surface area (Å²) in [6.45, 7) is 5.03. The number of nitrogens with zero attached hydrogens (tertiary/aromatic N) is 5. The predicted molar refractivity (Wildman–Crippen MR) is 135 cm³/mol. The molecule has 0 aliphatic carbocycles. The molecule has 0 saturated carbocycles. The lowest BCUT2D eigenvalue weighted by Crippen LogP contribution is -2.49. The predicted octanol–water partition coefficient (Wildman–Crippen LogP) is 3.96. The average Bonchev–Trinajstić information content (AvgIpc) is 3.03. The Labute approximate surface area is 212 Å². The Bertz CT molecular complexity index is 1390. The molecule has 190 valence electrons. The lowest BCUT2D eigenvalue weighted by atomic mass is 10.1. The first-order valence-corrected chi connectivity index (χ1v) is 13.8. The van der Waals surface area contributed by atoms with Crippen molar-refractivity contribution in [3.05, 3.63) is 70.9 Å². The summed E-state index contributed by atoms with van der Waals surface area (Å²) >= 11 is 0. The van der Waals surface area contributed by atoms with E-state index in [1.54, 1.807) is 22.1 Å². The number of piperazine rings is 1. The van der Waals surface area contributed by atoms with Crippen molar-refractivity contribution in [3.8, 4) is 0 Å². The number of anilines is 1. The Kier molecular flexibility index (Phi) is 6.46. The highest BCUT2D eigenvalue weighted by Gasteiger charge is 2.35. The summed E-state index contributed by atoms with van der Waals surface area (Å²) in [5.74, 6) is 0.0892. The Morgan fingerprint density at radius 3 is 2.58 bits per heavy atom. The average molecular weight is 538 g/mol. The van der Waals surface area contributed by atoms with E-state index < -0.39 is 27.5 Å². The minimum Gasteiger partial charge on any atom is -0.352 e. The summed E-state index contributed by atoms with van der Waals surface area (Å²) < 4.78 is 43.3. The van der Waals surface area contributed by atoms with Crippen LogP contribution >= 0.6 is 20.8 Å². The van der Waals surface area contributed by atoms with Crippen LogP contribution in [0.15, 0.2) is 58.9 Å². The zero-order valence-electron chi connectivity index (χ0n) is 19.1. The molecule has 7 nitrogen and oxygen atoms in total. The standard InChI is InChI=1S/C24H23ClF3N5O2S/c1-2-20(34)31-7-9-32(10-8-31)22-17-11-16(24(26,27)28)12-19-21(17)33(23(35)30-22)13-15(14-36(19)25)18-5-3-4-6-29-18/h2-6,11-12,15,36H,1,7-10,13-14H2/t15-/m0/s1. The summed E-state index contributed by atoms with van der Waals surface area (Å²) in [7, 11) is 5.26. The maximum Gasteiger partial charge on any atom is 0.416 e. The van der Waals surface area contributed by atoms with Crippen LogP contribution in [0, 0.1) is 0 Å². The number of carbonyl (C=O) groups is 1. The number of hydrogen-bond donors (Lipinski definition) is 1. The highest BCUT2D eigenvalue weighted by Crippen LogP contribution is 2.51. The van der Waals surface area contributed by atoms with E-state index in [-0.39, 0.29) is 29.6 Å². The zero-order valence-corrected chi connectivity index (χ0v) is 20.7. The molecule has 2 aliphatic rings. The fourth-order valence-electron chi connectivity index (χ4n) is 4.78. The van der Waals surface area contributed by atoms with E-state index in [2.05, 4.69) is 16.5 Å². The van der Waals surface area contributed by atoms with Crippen molar-refractivity contribution in [2.24, 2.45) is 0 Å². The number of halogens is 4. The van der Waals surface area contributed by atoms with Gasteiger partial charge in [0.05, 0.1) is 11.1 Å². The first-order chi connectivity index (χ1) is 17.2. The molecule has 2 aromatic heterocycles. The molecule has 2 aliphatic heterocycles. The van der Waals surface area contributed by atoms with Crippen LogP contribution in [0.25, 0.3) is 10.9 Å². The Hall–Kier alpha value is -3.05. The molecule has 4 heterocycles. The van der Waals surface area contributed by atoms with Gasteiger partial charge in [0, 0.05) is 66.6 Å². The third-order valence-corrected chi connectivity index (χ3v) is 9.16. The van der Waals surface area contributed by atoms with E-state index in [1.807, 2.05) is 12.1 Å². The van der Waals surface area contributed by atoms with E-state index in [0.717, 1.165) is 17.8 Å². The van der Waals surface area contributed by atoms with Crippen LogP contribution in [0.2, 0.25) is 0 Å². The third kappa shape index (κ3) is 4.45. The van der Waals surface area contributed by atoms with Gasteiger partial charge in [0.1, 0.15) is 5.82 Å². The lowest BCUT2D eigenvalue weighted by Gasteiger charge is -2.35. The van der Waals surface area contributed by atoms with Gasteiger partial charge in [-0.1, -0.05) is 23.3 Å². The van der Waals surface area contributed by atoms with E-state index >= 15 is 0 Å². The molecule has 1 saturated heterocycles. The molecule has 5 rings (SSSR count). The van der Waals surface area contributed by atoms with E-state index in [9.17, 15) is 22.8 Å². The summed E-state index contributed by atoms with van der Waals surface area (Å²) in [5.41, 5.74) is -0.266. The van der Waals surface area contributed by atoms with Crippen molar-refractivity contribution in [1.29, 1.82) is 0 Å². The number of aromatic nitrogens is 3. The molecule has 2 atom stereocenters. The summed E-state index contributed by atoms with van der Waals surface area (Å²) in [6, 6.07) is 7.56. The minimum atomic E-state index is -4.60. The van der Waals surface area contributed by atoms with Gasteiger partial charge in [-0.25, -0.2) is 4.79 Å². The van der Waals surface area contributed by atoms with Gasteiger partial charge in [-0.2, -0.15) is 18.2 Å². The van der Waals surface area contributed by atoms with Crippen LogP contribution in [-0.2, 0) is 17.5 Å². The number of benzene rings is 1. The Morgan fingerprint density at radius 1 is 1.19 bits per heavy atom. The van der Waals surface area contributed by atoms with Crippen molar-refractivity contribution in [1.82, 2.24) is 19.4 Å². The van der Waals surface area contributed by atoms with Crippen LogP contribution < -0.4 is 10.6 Å². The van der Waals surface area contributed by atoms with Gasteiger partial charge in [-0.15, -0.1) is 10.1 Å². The first kappa shape index (κ1) is 24.6. The van der Waals surface area contributed by atoms with Gasteiger partial charge < -0.3 is 9.80 Å². The number of rotatable bonds is 3. The molecule has 0 radical (unpaired) electrons. The molecule has 1 unspecified atom stereocenters. The number of carbonyl (C=O) groups excluding carboxylic acids is 1. The zero-order chi connectivity index (χ0) is 25.6. The SMILES string of the molecule is C=CC(=O)N1CCN(c2nc(=O)n3c4c(cc(C(F)(F)F)cc24)[SH](Cl)C[C@@H](c2ccccn2)C3)CC1. The highest BCUT2D eigenvalue weighted by molar-refractivity contribution is 8.36. The second kappa shape index (κ2) is 9.44. The number of hydrogen-bond acceptors (Lipinski definition) is 5. The number of amides is 1. The number of alkyl halides is 3.